The zero-order chi connectivity index (χ0) is 27.7. The third kappa shape index (κ3) is 5.46. The summed E-state index contributed by atoms with van der Waals surface area (Å²) in [4.78, 5) is 24.8. The van der Waals surface area contributed by atoms with Crippen molar-refractivity contribution in [1.82, 2.24) is 0 Å². The number of halogens is 1. The Balaban J connectivity index is 1.65. The van der Waals surface area contributed by atoms with E-state index < -0.39 is 72.3 Å². The van der Waals surface area contributed by atoms with E-state index in [1.54, 1.807) is 36.6 Å². The summed E-state index contributed by atoms with van der Waals surface area (Å²) < 4.78 is 35.9. The van der Waals surface area contributed by atoms with Crippen LogP contribution in [0.4, 0.5) is 4.39 Å². The predicted molar refractivity (Wildman–Crippen MR) is 132 cm³/mol. The van der Waals surface area contributed by atoms with Gasteiger partial charge in [-0.1, -0.05) is 18.2 Å². The lowest BCUT2D eigenvalue weighted by Gasteiger charge is -2.38. The van der Waals surface area contributed by atoms with Gasteiger partial charge >= 0.3 is 11.9 Å². The quantitative estimate of drug-likeness (QED) is 0.310. The third-order valence-corrected chi connectivity index (χ3v) is 7.29. The second-order valence-electron chi connectivity index (χ2n) is 8.79. The molecule has 0 spiro atoms. The first kappa shape index (κ1) is 27.8. The van der Waals surface area contributed by atoms with Crippen LogP contribution in [0, 0.1) is 5.82 Å². The monoisotopic (exact) mass is 548 g/mol. The second-order valence-corrected chi connectivity index (χ2v) is 10.2. The number of rotatable bonds is 7. The minimum atomic E-state index is -1.96. The standard InChI is InChI=1S/C26H25FO10S/c1-38(35)14-5-2-12(3-6-14)8-16-15-7-4-13(27)9-17(15)18(19(16)11-28)10-20(29)36-26-23(32)21(30)22(31)24(37-26)25(33)34/h2-9,21-24,26,28,30-32H,10-11H2,1H3,(H,33,34)/t21-,22-,23+,24-,26+,38?/m0/s1. The van der Waals surface area contributed by atoms with Gasteiger partial charge in [0.1, 0.15) is 24.1 Å². The van der Waals surface area contributed by atoms with Crippen molar-refractivity contribution in [3.8, 4) is 0 Å². The molecule has 38 heavy (non-hydrogen) atoms. The lowest BCUT2D eigenvalue weighted by atomic mass is 9.99. The number of aliphatic hydroxyl groups is 4. The van der Waals surface area contributed by atoms with Crippen molar-refractivity contribution in [1.29, 1.82) is 0 Å². The Bertz CT molecular complexity index is 1340. The van der Waals surface area contributed by atoms with Crippen LogP contribution in [-0.2, 0) is 29.9 Å². The molecular weight excluding hydrogens is 523 g/mol. The maximum Gasteiger partial charge on any atom is 0.335 e. The fourth-order valence-corrected chi connectivity index (χ4v) is 4.94. The van der Waals surface area contributed by atoms with Crippen LogP contribution in [0.25, 0.3) is 17.2 Å². The molecule has 1 unspecified atom stereocenters. The molecule has 0 radical (unpaired) electrons. The Morgan fingerprint density at radius 2 is 1.71 bits per heavy atom. The van der Waals surface area contributed by atoms with Crippen molar-refractivity contribution in [3.63, 3.8) is 0 Å². The van der Waals surface area contributed by atoms with Crippen LogP contribution in [-0.4, -0.2) is 85.2 Å². The van der Waals surface area contributed by atoms with Crippen molar-refractivity contribution >= 4 is 40.0 Å². The molecule has 1 aliphatic heterocycles. The minimum absolute atomic E-state index is 0.241. The molecule has 4 rings (SSSR count). The van der Waals surface area contributed by atoms with Crippen molar-refractivity contribution in [2.45, 2.75) is 42.0 Å². The van der Waals surface area contributed by atoms with Gasteiger partial charge in [-0.2, -0.15) is 0 Å². The Morgan fingerprint density at radius 3 is 2.32 bits per heavy atom. The van der Waals surface area contributed by atoms with Gasteiger partial charge in [0.05, 0.1) is 13.0 Å². The number of carbonyl (C=O) groups excluding carboxylic acids is 1. The minimum Gasteiger partial charge on any atom is -0.479 e. The van der Waals surface area contributed by atoms with Crippen LogP contribution in [0.5, 0.6) is 0 Å². The van der Waals surface area contributed by atoms with E-state index in [-0.39, 0.29) is 5.57 Å². The number of carboxylic acids is 1. The Labute approximate surface area is 218 Å². The summed E-state index contributed by atoms with van der Waals surface area (Å²) in [5.41, 5.74) is 2.64. The maximum absolute atomic E-state index is 14.2. The summed E-state index contributed by atoms with van der Waals surface area (Å²) in [5.74, 6) is -3.24. The van der Waals surface area contributed by atoms with E-state index in [1.165, 1.54) is 18.2 Å². The van der Waals surface area contributed by atoms with Crippen molar-refractivity contribution < 1.29 is 53.2 Å². The van der Waals surface area contributed by atoms with Gasteiger partial charge in [-0.25, -0.2) is 9.18 Å². The summed E-state index contributed by atoms with van der Waals surface area (Å²) in [6.45, 7) is -0.518. The average Bonchev–Trinajstić information content (AvgIpc) is 3.15. The SMILES string of the molecule is CS(=O)c1ccc(C=C2C(CO)=C(CC(=O)O[C@@H]3O[C@H](C(=O)O)[C@@H](O)[C@H](O)[C@H]3O)c3cc(F)ccc32)cc1. The van der Waals surface area contributed by atoms with Crippen LogP contribution < -0.4 is 0 Å². The third-order valence-electron chi connectivity index (χ3n) is 6.35. The Hall–Kier alpha value is -3.26. The van der Waals surface area contributed by atoms with Crippen LogP contribution in [0.3, 0.4) is 0 Å². The molecule has 0 bridgehead atoms. The predicted octanol–water partition coefficient (Wildman–Crippen LogP) is 0.689. The lowest BCUT2D eigenvalue weighted by Crippen LogP contribution is -2.60. The number of esters is 1. The molecule has 5 N–H and O–H groups in total. The number of aliphatic carboxylic acids is 1. The molecule has 0 amide bonds. The molecule has 0 saturated carbocycles. The van der Waals surface area contributed by atoms with E-state index in [2.05, 4.69) is 0 Å². The second kappa shape index (κ2) is 11.2. The van der Waals surface area contributed by atoms with E-state index in [1.807, 2.05) is 0 Å². The van der Waals surface area contributed by atoms with E-state index in [4.69, 9.17) is 9.47 Å². The van der Waals surface area contributed by atoms with Gasteiger partial charge in [-0.3, -0.25) is 9.00 Å². The van der Waals surface area contributed by atoms with Crippen molar-refractivity contribution in [2.75, 3.05) is 12.9 Å². The summed E-state index contributed by atoms with van der Waals surface area (Å²) >= 11 is 0. The number of carbonyl (C=O) groups is 2. The van der Waals surface area contributed by atoms with Crippen molar-refractivity contribution in [3.05, 3.63) is 70.5 Å². The molecule has 2 aromatic carbocycles. The molecule has 1 aliphatic carbocycles. The number of hydrogen-bond donors (Lipinski definition) is 5. The number of aliphatic hydroxyl groups excluding tert-OH is 4. The Morgan fingerprint density at radius 1 is 1.03 bits per heavy atom. The van der Waals surface area contributed by atoms with Gasteiger partial charge in [0.25, 0.3) is 0 Å². The molecule has 10 nitrogen and oxygen atoms in total. The van der Waals surface area contributed by atoms with Crippen LogP contribution in [0.1, 0.15) is 23.1 Å². The van der Waals surface area contributed by atoms with Gasteiger partial charge in [0.2, 0.25) is 6.29 Å². The van der Waals surface area contributed by atoms with Crippen molar-refractivity contribution in [2.24, 2.45) is 0 Å². The van der Waals surface area contributed by atoms with Gasteiger partial charge in [-0.15, -0.1) is 0 Å². The zero-order valence-corrected chi connectivity index (χ0v) is 20.8. The van der Waals surface area contributed by atoms with Crippen LogP contribution in [0.15, 0.2) is 52.9 Å². The van der Waals surface area contributed by atoms with Crippen LogP contribution >= 0.6 is 0 Å². The highest BCUT2D eigenvalue weighted by molar-refractivity contribution is 7.84. The number of benzene rings is 2. The zero-order valence-electron chi connectivity index (χ0n) is 20.0. The smallest absolute Gasteiger partial charge is 0.335 e. The highest BCUT2D eigenvalue weighted by Gasteiger charge is 2.48. The molecule has 6 atom stereocenters. The molecule has 12 heteroatoms. The van der Waals surface area contributed by atoms with Gasteiger partial charge in [-0.05, 0) is 63.8 Å². The molecular formula is C26H25FO10S. The number of hydrogen-bond acceptors (Lipinski definition) is 9. The highest BCUT2D eigenvalue weighted by Crippen LogP contribution is 2.44. The van der Waals surface area contributed by atoms with Gasteiger partial charge < -0.3 is 35.0 Å². The number of carboxylic acid groups (broad SMARTS) is 1. The normalized spacial score (nSPS) is 26.8. The van der Waals surface area contributed by atoms with Crippen LogP contribution in [0.2, 0.25) is 0 Å². The molecule has 1 saturated heterocycles. The number of ether oxygens (including phenoxy) is 2. The average molecular weight is 549 g/mol. The summed E-state index contributed by atoms with van der Waals surface area (Å²) in [7, 11) is -1.17. The van der Waals surface area contributed by atoms with Gasteiger partial charge in [0, 0.05) is 22.0 Å². The topological polar surface area (TPSA) is 171 Å². The molecule has 2 aromatic rings. The van der Waals surface area contributed by atoms with E-state index in [0.717, 1.165) is 0 Å². The maximum atomic E-state index is 14.2. The molecule has 1 heterocycles. The largest absolute Gasteiger partial charge is 0.479 e. The van der Waals surface area contributed by atoms with E-state index in [0.29, 0.717) is 32.7 Å². The first-order valence-corrected chi connectivity index (χ1v) is 13.0. The fourth-order valence-electron chi connectivity index (χ4n) is 4.42. The first-order chi connectivity index (χ1) is 18.0. The molecule has 2 aliphatic rings. The molecule has 1 fully saturated rings. The fraction of sp³-hybridized carbons (Fsp3) is 0.308. The number of fused-ring (bicyclic) bond motifs is 1. The lowest BCUT2D eigenvalue weighted by molar-refractivity contribution is -0.286. The van der Waals surface area contributed by atoms with E-state index in [9.17, 15) is 43.7 Å². The first-order valence-electron chi connectivity index (χ1n) is 11.4. The Kier molecular flexibility index (Phi) is 8.21. The summed E-state index contributed by atoms with van der Waals surface area (Å²) in [6, 6.07) is 10.8. The summed E-state index contributed by atoms with van der Waals surface area (Å²) in [5, 5.41) is 49.3. The van der Waals surface area contributed by atoms with Gasteiger partial charge in [0.15, 0.2) is 6.10 Å². The highest BCUT2D eigenvalue weighted by atomic mass is 32.2. The molecule has 0 aromatic heterocycles. The molecule has 202 valence electrons. The summed E-state index contributed by atoms with van der Waals surface area (Å²) in [6.07, 6.45) is -6.92. The van der Waals surface area contributed by atoms with E-state index >= 15 is 0 Å².